The average Bonchev–Trinajstić information content (AvgIpc) is 2.79. The Morgan fingerprint density at radius 3 is 2.55 bits per heavy atom. The number of ether oxygens (including phenoxy) is 2. The summed E-state index contributed by atoms with van der Waals surface area (Å²) in [7, 11) is 1.58. The molecule has 4 rings (SSSR count). The highest BCUT2D eigenvalue weighted by atomic mass is 16.5. The Balaban J connectivity index is 1.29. The van der Waals surface area contributed by atoms with Crippen molar-refractivity contribution >= 4 is 5.91 Å². The predicted molar refractivity (Wildman–Crippen MR) is 120 cm³/mol. The smallest absolute Gasteiger partial charge is 0.255 e. The van der Waals surface area contributed by atoms with E-state index in [1.165, 1.54) is 32.7 Å². The first-order chi connectivity index (χ1) is 15.0. The zero-order valence-electron chi connectivity index (χ0n) is 19.4. The molecule has 0 radical (unpaired) electrons. The van der Waals surface area contributed by atoms with E-state index in [0.717, 1.165) is 51.3 Å². The summed E-state index contributed by atoms with van der Waals surface area (Å²) in [5, 5.41) is 0. The summed E-state index contributed by atoms with van der Waals surface area (Å²) in [6.45, 7) is 12.9. The van der Waals surface area contributed by atoms with Crippen LogP contribution in [0.15, 0.2) is 18.3 Å². The van der Waals surface area contributed by atoms with E-state index < -0.39 is 0 Å². The van der Waals surface area contributed by atoms with Crippen LogP contribution in [-0.4, -0.2) is 96.8 Å². The van der Waals surface area contributed by atoms with Crippen molar-refractivity contribution < 1.29 is 14.3 Å². The van der Waals surface area contributed by atoms with Gasteiger partial charge in [0.1, 0.15) is 0 Å². The van der Waals surface area contributed by atoms with Crippen LogP contribution < -0.4 is 4.74 Å². The van der Waals surface area contributed by atoms with E-state index in [1.54, 1.807) is 25.4 Å². The summed E-state index contributed by atoms with van der Waals surface area (Å²) in [6, 6.07) is 4.15. The summed E-state index contributed by atoms with van der Waals surface area (Å²) in [6.07, 6.45) is 5.69. The van der Waals surface area contributed by atoms with E-state index in [4.69, 9.17) is 9.47 Å². The largest absolute Gasteiger partial charge is 0.481 e. The fourth-order valence-corrected chi connectivity index (χ4v) is 5.42. The monoisotopic (exact) mass is 430 g/mol. The molecule has 0 aliphatic carbocycles. The van der Waals surface area contributed by atoms with Crippen LogP contribution in [0.5, 0.6) is 5.88 Å². The number of carbonyl (C=O) groups excluding carboxylic acids is 1. The number of pyridine rings is 1. The molecular formula is C24H38N4O3. The van der Waals surface area contributed by atoms with Gasteiger partial charge in [-0.05, 0) is 37.7 Å². The molecule has 3 saturated heterocycles. The van der Waals surface area contributed by atoms with Crippen LogP contribution in [0.1, 0.15) is 49.9 Å². The van der Waals surface area contributed by atoms with Crippen LogP contribution in [0.25, 0.3) is 0 Å². The molecule has 1 aromatic rings. The van der Waals surface area contributed by atoms with Crippen LogP contribution >= 0.6 is 0 Å². The molecule has 1 unspecified atom stereocenters. The lowest BCUT2D eigenvalue weighted by atomic mass is 9.81. The number of carbonyl (C=O) groups is 1. The number of rotatable bonds is 5. The maximum absolute atomic E-state index is 12.9. The van der Waals surface area contributed by atoms with Crippen LogP contribution in [0.3, 0.4) is 0 Å². The molecule has 1 amide bonds. The molecule has 3 aliphatic rings. The Labute approximate surface area is 186 Å². The molecule has 31 heavy (non-hydrogen) atoms. The number of methoxy groups -OCH3 is 1. The second-order valence-electron chi connectivity index (χ2n) is 9.79. The quantitative estimate of drug-likeness (QED) is 0.716. The van der Waals surface area contributed by atoms with Crippen molar-refractivity contribution in [3.05, 3.63) is 23.9 Å². The molecule has 1 aromatic heterocycles. The molecule has 172 valence electrons. The minimum Gasteiger partial charge on any atom is -0.481 e. The van der Waals surface area contributed by atoms with Crippen molar-refractivity contribution in [3.8, 4) is 5.88 Å². The summed E-state index contributed by atoms with van der Waals surface area (Å²) in [4.78, 5) is 24.3. The van der Waals surface area contributed by atoms with Crippen molar-refractivity contribution in [3.63, 3.8) is 0 Å². The van der Waals surface area contributed by atoms with E-state index in [0.29, 0.717) is 17.5 Å². The molecule has 3 fully saturated rings. The average molecular weight is 431 g/mol. The van der Waals surface area contributed by atoms with Crippen molar-refractivity contribution in [2.45, 2.75) is 51.2 Å². The third-order valence-electron chi connectivity index (χ3n) is 7.17. The van der Waals surface area contributed by atoms with E-state index >= 15 is 0 Å². The summed E-state index contributed by atoms with van der Waals surface area (Å²) in [5.41, 5.74) is 0.561. The molecule has 3 aliphatic heterocycles. The Kier molecular flexibility index (Phi) is 7.14. The SMILES string of the molecule is COc1ccc(C(=O)N2CCC3(CC2)CC(N2CCN(CC(C)C)CC2)CCO3)cn1. The second kappa shape index (κ2) is 9.84. The van der Waals surface area contributed by atoms with Gasteiger partial charge in [-0.15, -0.1) is 0 Å². The number of hydrogen-bond acceptors (Lipinski definition) is 6. The van der Waals surface area contributed by atoms with Crippen molar-refractivity contribution in [1.82, 2.24) is 19.7 Å². The molecule has 1 atom stereocenters. The molecule has 7 heteroatoms. The molecule has 7 nitrogen and oxygen atoms in total. The van der Waals surface area contributed by atoms with E-state index in [2.05, 4.69) is 28.6 Å². The van der Waals surface area contributed by atoms with Gasteiger partial charge in [-0.25, -0.2) is 4.98 Å². The summed E-state index contributed by atoms with van der Waals surface area (Å²) >= 11 is 0. The predicted octanol–water partition coefficient (Wildman–Crippen LogP) is 2.52. The van der Waals surface area contributed by atoms with E-state index in [9.17, 15) is 4.79 Å². The molecule has 0 N–H and O–H groups in total. The van der Waals surface area contributed by atoms with Gasteiger partial charge in [0.25, 0.3) is 5.91 Å². The van der Waals surface area contributed by atoms with Crippen molar-refractivity contribution in [2.24, 2.45) is 5.92 Å². The topological polar surface area (TPSA) is 58.1 Å². The molecule has 0 bridgehead atoms. The van der Waals surface area contributed by atoms with Gasteiger partial charge in [0.2, 0.25) is 5.88 Å². The van der Waals surface area contributed by atoms with Gasteiger partial charge in [-0.1, -0.05) is 13.8 Å². The molecule has 1 spiro atoms. The first-order valence-electron chi connectivity index (χ1n) is 11.9. The van der Waals surface area contributed by atoms with Crippen molar-refractivity contribution in [2.75, 3.05) is 59.5 Å². The van der Waals surface area contributed by atoms with Crippen LogP contribution in [0, 0.1) is 5.92 Å². The van der Waals surface area contributed by atoms with Gasteiger partial charge in [-0.3, -0.25) is 9.69 Å². The van der Waals surface area contributed by atoms with Crippen LogP contribution in [-0.2, 0) is 4.74 Å². The highest BCUT2D eigenvalue weighted by Crippen LogP contribution is 2.37. The fraction of sp³-hybridized carbons (Fsp3) is 0.750. The van der Waals surface area contributed by atoms with Crippen molar-refractivity contribution in [1.29, 1.82) is 0 Å². The lowest BCUT2D eigenvalue weighted by molar-refractivity contribution is -0.132. The minimum absolute atomic E-state index is 0.0543. The van der Waals surface area contributed by atoms with Gasteiger partial charge in [0.05, 0.1) is 18.3 Å². The van der Waals surface area contributed by atoms with Crippen LogP contribution in [0.2, 0.25) is 0 Å². The maximum atomic E-state index is 12.9. The van der Waals surface area contributed by atoms with E-state index in [-0.39, 0.29) is 11.5 Å². The van der Waals surface area contributed by atoms with Gasteiger partial charge in [0, 0.05) is 70.7 Å². The van der Waals surface area contributed by atoms with E-state index in [1.807, 2.05) is 4.90 Å². The molecule has 4 heterocycles. The summed E-state index contributed by atoms with van der Waals surface area (Å²) in [5.74, 6) is 1.32. The van der Waals surface area contributed by atoms with Gasteiger partial charge >= 0.3 is 0 Å². The lowest BCUT2D eigenvalue weighted by Gasteiger charge is -2.49. The van der Waals surface area contributed by atoms with Gasteiger partial charge < -0.3 is 19.3 Å². The van der Waals surface area contributed by atoms with Gasteiger partial charge in [0.15, 0.2) is 0 Å². The second-order valence-corrected chi connectivity index (χ2v) is 9.79. The lowest BCUT2D eigenvalue weighted by Crippen LogP contribution is -2.57. The minimum atomic E-state index is -0.0626. The van der Waals surface area contributed by atoms with Crippen LogP contribution in [0.4, 0.5) is 0 Å². The Bertz CT molecular complexity index is 723. The maximum Gasteiger partial charge on any atom is 0.255 e. The number of amides is 1. The Morgan fingerprint density at radius 2 is 1.94 bits per heavy atom. The zero-order valence-corrected chi connectivity index (χ0v) is 19.4. The summed E-state index contributed by atoms with van der Waals surface area (Å²) < 4.78 is 11.5. The van der Waals surface area contributed by atoms with Gasteiger partial charge in [-0.2, -0.15) is 0 Å². The normalized spacial score (nSPS) is 25.2. The third-order valence-corrected chi connectivity index (χ3v) is 7.17. The molecule has 0 saturated carbocycles. The highest BCUT2D eigenvalue weighted by Gasteiger charge is 2.43. The standard InChI is InChI=1S/C24H38N4O3/c1-19(2)18-26-11-13-27(14-12-26)21-6-15-31-24(16-21)7-9-28(10-8-24)23(29)20-4-5-22(30-3)25-17-20/h4-5,17,19,21H,6-16,18H2,1-3H3. The number of piperidine rings is 1. The number of piperazine rings is 1. The number of likely N-dealkylation sites (tertiary alicyclic amines) is 1. The Morgan fingerprint density at radius 1 is 1.19 bits per heavy atom. The first kappa shape index (κ1) is 22.5. The zero-order chi connectivity index (χ0) is 21.8. The molecule has 0 aromatic carbocycles. The third kappa shape index (κ3) is 5.38. The fourth-order valence-electron chi connectivity index (χ4n) is 5.42. The number of aromatic nitrogens is 1. The first-order valence-corrected chi connectivity index (χ1v) is 11.9. The number of hydrogen-bond donors (Lipinski definition) is 0. The Hall–Kier alpha value is -1.70. The highest BCUT2D eigenvalue weighted by molar-refractivity contribution is 5.94. The number of nitrogens with zero attached hydrogens (tertiary/aromatic N) is 4. The molecular weight excluding hydrogens is 392 g/mol.